The molecule has 3 heteroatoms. The molecule has 0 saturated heterocycles. The molecule has 90 valence electrons. The first-order valence-corrected chi connectivity index (χ1v) is 6.04. The fourth-order valence-corrected chi connectivity index (χ4v) is 2.12. The van der Waals surface area contributed by atoms with E-state index in [1.165, 1.54) is 0 Å². The third kappa shape index (κ3) is 2.09. The van der Waals surface area contributed by atoms with Crippen LogP contribution in [0.15, 0.2) is 18.2 Å². The highest BCUT2D eigenvalue weighted by Crippen LogP contribution is 2.32. The van der Waals surface area contributed by atoms with Crippen molar-refractivity contribution in [3.63, 3.8) is 0 Å². The van der Waals surface area contributed by atoms with E-state index < -0.39 is 0 Å². The van der Waals surface area contributed by atoms with Gasteiger partial charge < -0.3 is 5.73 Å². The zero-order chi connectivity index (χ0) is 12.8. The highest BCUT2D eigenvalue weighted by molar-refractivity contribution is 6.32. The molecular weight excluding hydrogens is 232 g/mol. The Morgan fingerprint density at radius 3 is 2.47 bits per heavy atom. The maximum atomic E-state index is 6.09. The van der Waals surface area contributed by atoms with E-state index in [0.29, 0.717) is 5.82 Å². The minimum Gasteiger partial charge on any atom is -0.383 e. The summed E-state index contributed by atoms with van der Waals surface area (Å²) in [6, 6.07) is 6.01. The van der Waals surface area contributed by atoms with Gasteiger partial charge in [-0.2, -0.15) is 0 Å². The number of halogens is 1. The van der Waals surface area contributed by atoms with Gasteiger partial charge in [0.15, 0.2) is 0 Å². The van der Waals surface area contributed by atoms with Gasteiger partial charge in [0.2, 0.25) is 0 Å². The lowest BCUT2D eigenvalue weighted by molar-refractivity contribution is 0.591. The van der Waals surface area contributed by atoms with E-state index in [0.717, 1.165) is 27.1 Å². The van der Waals surface area contributed by atoms with Gasteiger partial charge in [0.05, 0.1) is 5.52 Å². The van der Waals surface area contributed by atoms with Crippen LogP contribution in [0.25, 0.3) is 10.9 Å². The third-order valence-electron chi connectivity index (χ3n) is 3.01. The SMILES string of the molecule is Cc1c(Cl)ccc2cc(C(C)(C)C)c(N)nc12. The Morgan fingerprint density at radius 2 is 1.88 bits per heavy atom. The molecular formula is C14H17ClN2. The van der Waals surface area contributed by atoms with Crippen LogP contribution in [0.1, 0.15) is 31.9 Å². The topological polar surface area (TPSA) is 38.9 Å². The van der Waals surface area contributed by atoms with Gasteiger partial charge in [0.25, 0.3) is 0 Å². The first kappa shape index (κ1) is 12.2. The predicted molar refractivity (Wildman–Crippen MR) is 74.6 cm³/mol. The van der Waals surface area contributed by atoms with Gasteiger partial charge in [0, 0.05) is 16.0 Å². The minimum atomic E-state index is -0.00118. The molecule has 0 unspecified atom stereocenters. The van der Waals surface area contributed by atoms with Gasteiger partial charge in [-0.05, 0) is 30.0 Å². The fraction of sp³-hybridized carbons (Fsp3) is 0.357. The minimum absolute atomic E-state index is 0.00118. The molecule has 2 N–H and O–H groups in total. The summed E-state index contributed by atoms with van der Waals surface area (Å²) >= 11 is 6.09. The molecule has 0 spiro atoms. The summed E-state index contributed by atoms with van der Waals surface area (Å²) in [6.07, 6.45) is 0. The van der Waals surface area contributed by atoms with Crippen LogP contribution in [0.5, 0.6) is 0 Å². The summed E-state index contributed by atoms with van der Waals surface area (Å²) in [4.78, 5) is 4.50. The van der Waals surface area contributed by atoms with Crippen molar-refractivity contribution in [2.45, 2.75) is 33.1 Å². The second kappa shape index (κ2) is 3.88. The monoisotopic (exact) mass is 248 g/mol. The van der Waals surface area contributed by atoms with Crippen molar-refractivity contribution in [2.75, 3.05) is 5.73 Å². The number of nitrogens with two attached hydrogens (primary N) is 1. The Bertz CT molecular complexity index is 583. The number of hydrogen-bond donors (Lipinski definition) is 1. The molecule has 0 bridgehead atoms. The van der Waals surface area contributed by atoms with Crippen LogP contribution in [0.4, 0.5) is 5.82 Å². The van der Waals surface area contributed by atoms with Crippen LogP contribution < -0.4 is 5.73 Å². The molecule has 0 fully saturated rings. The zero-order valence-electron chi connectivity index (χ0n) is 10.6. The van der Waals surface area contributed by atoms with Gasteiger partial charge in [-0.3, -0.25) is 0 Å². The quantitative estimate of drug-likeness (QED) is 0.763. The highest BCUT2D eigenvalue weighted by Gasteiger charge is 2.19. The summed E-state index contributed by atoms with van der Waals surface area (Å²) < 4.78 is 0. The van der Waals surface area contributed by atoms with E-state index in [1.54, 1.807) is 0 Å². The van der Waals surface area contributed by atoms with E-state index >= 15 is 0 Å². The van der Waals surface area contributed by atoms with Crippen molar-refractivity contribution in [1.82, 2.24) is 4.98 Å². The average Bonchev–Trinajstić information content (AvgIpc) is 2.22. The van der Waals surface area contributed by atoms with E-state index in [4.69, 9.17) is 17.3 Å². The summed E-state index contributed by atoms with van der Waals surface area (Å²) in [7, 11) is 0. The van der Waals surface area contributed by atoms with Crippen molar-refractivity contribution in [3.05, 3.63) is 34.3 Å². The molecule has 0 amide bonds. The molecule has 1 heterocycles. The number of rotatable bonds is 0. The first-order chi connectivity index (χ1) is 7.80. The summed E-state index contributed by atoms with van der Waals surface area (Å²) in [6.45, 7) is 8.37. The first-order valence-electron chi connectivity index (χ1n) is 5.66. The van der Waals surface area contributed by atoms with Crippen molar-refractivity contribution < 1.29 is 0 Å². The van der Waals surface area contributed by atoms with Gasteiger partial charge >= 0.3 is 0 Å². The van der Waals surface area contributed by atoms with Crippen molar-refractivity contribution in [2.24, 2.45) is 0 Å². The molecule has 2 aromatic rings. The average molecular weight is 249 g/mol. The lowest BCUT2D eigenvalue weighted by Crippen LogP contribution is -2.15. The molecule has 2 rings (SSSR count). The molecule has 0 saturated carbocycles. The van der Waals surface area contributed by atoms with Crippen LogP contribution in [0, 0.1) is 6.92 Å². The molecule has 1 aromatic carbocycles. The maximum Gasteiger partial charge on any atom is 0.127 e. The van der Waals surface area contributed by atoms with Gasteiger partial charge in [-0.15, -0.1) is 0 Å². The second-order valence-corrected chi connectivity index (χ2v) is 5.82. The number of aryl methyl sites for hydroxylation is 1. The number of hydrogen-bond acceptors (Lipinski definition) is 2. The van der Waals surface area contributed by atoms with E-state index in [2.05, 4.69) is 31.8 Å². The Morgan fingerprint density at radius 1 is 1.24 bits per heavy atom. The second-order valence-electron chi connectivity index (χ2n) is 5.42. The summed E-state index contributed by atoms with van der Waals surface area (Å²) in [5.41, 5.74) is 8.99. The Labute approximate surface area is 107 Å². The Balaban J connectivity index is 2.80. The predicted octanol–water partition coefficient (Wildman–Crippen LogP) is 4.08. The third-order valence-corrected chi connectivity index (χ3v) is 3.42. The van der Waals surface area contributed by atoms with Crippen LogP contribution in [-0.2, 0) is 5.41 Å². The number of benzene rings is 1. The molecule has 2 nitrogen and oxygen atoms in total. The summed E-state index contributed by atoms with van der Waals surface area (Å²) in [5, 5.41) is 1.82. The van der Waals surface area contributed by atoms with Crippen molar-refractivity contribution in [3.8, 4) is 0 Å². The van der Waals surface area contributed by atoms with Crippen LogP contribution >= 0.6 is 11.6 Å². The van der Waals surface area contributed by atoms with Gasteiger partial charge in [-0.25, -0.2) is 4.98 Å². The molecule has 0 aliphatic rings. The maximum absolute atomic E-state index is 6.09. The highest BCUT2D eigenvalue weighted by atomic mass is 35.5. The summed E-state index contributed by atoms with van der Waals surface area (Å²) in [5.74, 6) is 0.593. The number of fused-ring (bicyclic) bond motifs is 1. The fourth-order valence-electron chi connectivity index (χ4n) is 1.97. The zero-order valence-corrected chi connectivity index (χ0v) is 11.4. The molecule has 0 aliphatic heterocycles. The van der Waals surface area contributed by atoms with E-state index in [9.17, 15) is 0 Å². The largest absolute Gasteiger partial charge is 0.383 e. The van der Waals surface area contributed by atoms with Crippen LogP contribution in [0.2, 0.25) is 5.02 Å². The molecule has 17 heavy (non-hydrogen) atoms. The number of pyridine rings is 1. The van der Waals surface area contributed by atoms with Crippen LogP contribution in [0.3, 0.4) is 0 Å². The Hall–Kier alpha value is -1.28. The number of nitrogen functional groups attached to an aromatic ring is 1. The Kier molecular flexibility index (Phi) is 2.78. The molecule has 0 radical (unpaired) electrons. The van der Waals surface area contributed by atoms with Crippen molar-refractivity contribution >= 4 is 28.3 Å². The molecule has 0 aliphatic carbocycles. The molecule has 0 atom stereocenters. The number of anilines is 1. The lowest BCUT2D eigenvalue weighted by Gasteiger charge is -2.21. The lowest BCUT2D eigenvalue weighted by atomic mass is 9.86. The van der Waals surface area contributed by atoms with Crippen molar-refractivity contribution in [1.29, 1.82) is 0 Å². The number of nitrogens with zero attached hydrogens (tertiary/aromatic N) is 1. The molecule has 1 aromatic heterocycles. The number of aromatic nitrogens is 1. The van der Waals surface area contributed by atoms with E-state index in [1.807, 2.05) is 19.1 Å². The van der Waals surface area contributed by atoms with Gasteiger partial charge in [0.1, 0.15) is 5.82 Å². The van der Waals surface area contributed by atoms with Gasteiger partial charge in [-0.1, -0.05) is 38.4 Å². The smallest absolute Gasteiger partial charge is 0.127 e. The van der Waals surface area contributed by atoms with Crippen LogP contribution in [-0.4, -0.2) is 4.98 Å². The van der Waals surface area contributed by atoms with E-state index in [-0.39, 0.29) is 5.41 Å². The standard InChI is InChI=1S/C14H17ClN2/c1-8-11(15)6-5-9-7-10(14(2,3)4)13(16)17-12(8)9/h5-7H,1-4H3,(H2,16,17). The normalized spacial score (nSPS) is 12.1.